The molecule has 6 heteroatoms. The summed E-state index contributed by atoms with van der Waals surface area (Å²) in [5.74, 6) is -1.27. The second kappa shape index (κ2) is 6.23. The van der Waals surface area contributed by atoms with Gasteiger partial charge in [-0.3, -0.25) is 14.9 Å². The highest BCUT2D eigenvalue weighted by molar-refractivity contribution is 6.39. The molecule has 1 aromatic carbocycles. The smallest absolute Gasteiger partial charge is 0.335 e. The molecule has 0 atom stereocenters. The summed E-state index contributed by atoms with van der Waals surface area (Å²) >= 11 is 0. The fourth-order valence-electron chi connectivity index (χ4n) is 3.66. The number of carbonyl (C=O) groups excluding carboxylic acids is 3. The first-order valence-corrected chi connectivity index (χ1v) is 9.03. The molecule has 2 aromatic rings. The molecule has 1 N–H and O–H groups in total. The Kier molecular flexibility index (Phi) is 3.98. The van der Waals surface area contributed by atoms with Gasteiger partial charge in [-0.1, -0.05) is 12.1 Å². The minimum atomic E-state index is -0.726. The first-order valence-electron chi connectivity index (χ1n) is 9.03. The third-order valence-electron chi connectivity index (χ3n) is 5.10. The second-order valence-corrected chi connectivity index (χ2v) is 7.22. The molecule has 27 heavy (non-hydrogen) atoms. The van der Waals surface area contributed by atoms with Crippen LogP contribution in [0.25, 0.3) is 6.08 Å². The molecule has 0 unspecified atom stereocenters. The summed E-state index contributed by atoms with van der Waals surface area (Å²) in [6.45, 7) is 5.90. The van der Waals surface area contributed by atoms with E-state index in [1.807, 2.05) is 32.9 Å². The minimum Gasteiger partial charge on any atom is -0.346 e. The van der Waals surface area contributed by atoms with E-state index in [2.05, 4.69) is 9.88 Å². The van der Waals surface area contributed by atoms with Crippen LogP contribution in [-0.4, -0.2) is 22.4 Å². The third-order valence-corrected chi connectivity index (χ3v) is 5.10. The molecule has 1 aliphatic heterocycles. The lowest BCUT2D eigenvalue weighted by molar-refractivity contribution is -0.122. The van der Waals surface area contributed by atoms with Gasteiger partial charge in [0.05, 0.1) is 5.69 Å². The average molecular weight is 363 g/mol. The molecule has 4 rings (SSSR count). The summed E-state index contributed by atoms with van der Waals surface area (Å²) in [5, 5.41) is 2.28. The fourth-order valence-corrected chi connectivity index (χ4v) is 3.66. The zero-order valence-electron chi connectivity index (χ0n) is 15.6. The Balaban J connectivity index is 1.75. The number of rotatable bonds is 3. The van der Waals surface area contributed by atoms with Gasteiger partial charge in [-0.15, -0.1) is 0 Å². The molecule has 1 saturated carbocycles. The topological polar surface area (TPSA) is 71.4 Å². The number of imide groups is 2. The molecule has 6 nitrogen and oxygen atoms in total. The number of hydrogen-bond donors (Lipinski definition) is 1. The average Bonchev–Trinajstić information content (AvgIpc) is 3.38. The Morgan fingerprint density at radius 3 is 2.48 bits per heavy atom. The Morgan fingerprint density at radius 2 is 1.81 bits per heavy atom. The molecule has 2 fully saturated rings. The van der Waals surface area contributed by atoms with E-state index in [-0.39, 0.29) is 5.57 Å². The largest absolute Gasteiger partial charge is 0.346 e. The van der Waals surface area contributed by atoms with E-state index in [4.69, 9.17) is 0 Å². The van der Waals surface area contributed by atoms with Gasteiger partial charge in [0.15, 0.2) is 0 Å². The van der Waals surface area contributed by atoms with E-state index in [9.17, 15) is 14.4 Å². The van der Waals surface area contributed by atoms with Crippen molar-refractivity contribution in [1.82, 2.24) is 9.88 Å². The van der Waals surface area contributed by atoms with Gasteiger partial charge in [-0.05, 0) is 69.0 Å². The quantitative estimate of drug-likeness (QED) is 0.671. The summed E-state index contributed by atoms with van der Waals surface area (Å²) in [6.07, 6.45) is 3.90. The molecule has 0 spiro atoms. The van der Waals surface area contributed by atoms with E-state index in [1.165, 1.54) is 0 Å². The first-order chi connectivity index (χ1) is 12.9. The van der Waals surface area contributed by atoms with Crippen LogP contribution in [0.3, 0.4) is 0 Å². The van der Waals surface area contributed by atoms with Crippen LogP contribution in [0.5, 0.6) is 0 Å². The van der Waals surface area contributed by atoms with E-state index < -0.39 is 17.8 Å². The number of benzene rings is 1. The van der Waals surface area contributed by atoms with Gasteiger partial charge in [-0.25, -0.2) is 9.69 Å². The van der Waals surface area contributed by atoms with Crippen LogP contribution in [0.4, 0.5) is 10.5 Å². The predicted octanol–water partition coefficient (Wildman–Crippen LogP) is 3.41. The molecular formula is C21H21N3O3. The molecule has 2 heterocycles. The van der Waals surface area contributed by atoms with Crippen molar-refractivity contribution in [2.75, 3.05) is 4.90 Å². The summed E-state index contributed by atoms with van der Waals surface area (Å²) in [6, 6.07) is 8.84. The van der Waals surface area contributed by atoms with Crippen LogP contribution in [-0.2, 0) is 9.59 Å². The number of barbiturate groups is 1. The lowest BCUT2D eigenvalue weighted by Crippen LogP contribution is -2.54. The zero-order chi connectivity index (χ0) is 19.3. The summed E-state index contributed by atoms with van der Waals surface area (Å²) in [7, 11) is 0. The van der Waals surface area contributed by atoms with Crippen LogP contribution in [0, 0.1) is 20.8 Å². The van der Waals surface area contributed by atoms with Gasteiger partial charge < -0.3 is 4.57 Å². The molecule has 2 aliphatic rings. The van der Waals surface area contributed by atoms with Gasteiger partial charge in [0.2, 0.25) is 0 Å². The van der Waals surface area contributed by atoms with Crippen molar-refractivity contribution in [2.45, 2.75) is 39.7 Å². The van der Waals surface area contributed by atoms with Crippen molar-refractivity contribution in [3.63, 3.8) is 0 Å². The van der Waals surface area contributed by atoms with Gasteiger partial charge in [0, 0.05) is 17.4 Å². The minimum absolute atomic E-state index is 0.0350. The van der Waals surface area contributed by atoms with E-state index >= 15 is 0 Å². The lowest BCUT2D eigenvalue weighted by Gasteiger charge is -2.26. The van der Waals surface area contributed by atoms with Crippen LogP contribution in [0.15, 0.2) is 35.9 Å². The Morgan fingerprint density at radius 1 is 1.07 bits per heavy atom. The maximum atomic E-state index is 13.0. The van der Waals surface area contributed by atoms with Gasteiger partial charge in [0.25, 0.3) is 11.8 Å². The monoisotopic (exact) mass is 363 g/mol. The lowest BCUT2D eigenvalue weighted by atomic mass is 10.1. The molecular weight excluding hydrogens is 342 g/mol. The maximum absolute atomic E-state index is 13.0. The second-order valence-electron chi connectivity index (χ2n) is 7.22. The number of aromatic nitrogens is 1. The number of anilines is 1. The molecule has 4 amide bonds. The SMILES string of the molecule is Cc1cccc(N2C(=O)NC(=O)C(=Cc3cc(C)n(C4CC4)c3C)C2=O)c1. The summed E-state index contributed by atoms with van der Waals surface area (Å²) in [4.78, 5) is 38.6. The molecule has 1 aromatic heterocycles. The highest BCUT2D eigenvalue weighted by Gasteiger charge is 2.37. The molecule has 0 radical (unpaired) electrons. The zero-order valence-corrected chi connectivity index (χ0v) is 15.6. The van der Waals surface area contributed by atoms with Crippen molar-refractivity contribution >= 4 is 29.6 Å². The van der Waals surface area contributed by atoms with E-state index in [0.29, 0.717) is 11.7 Å². The maximum Gasteiger partial charge on any atom is 0.335 e. The normalized spacial score (nSPS) is 19.0. The number of hydrogen-bond acceptors (Lipinski definition) is 3. The van der Waals surface area contributed by atoms with Gasteiger partial charge >= 0.3 is 6.03 Å². The third kappa shape index (κ3) is 2.97. The number of amides is 4. The summed E-state index contributed by atoms with van der Waals surface area (Å²) in [5.41, 5.74) is 4.30. The Bertz CT molecular complexity index is 1010. The van der Waals surface area contributed by atoms with Crippen molar-refractivity contribution in [3.8, 4) is 0 Å². The molecule has 138 valence electrons. The standard InChI is InChI=1S/C21H21N3O3/c1-12-5-4-6-17(9-12)24-20(26)18(19(25)22-21(24)27)11-15-10-13(2)23(14(15)3)16-7-8-16/h4-6,9-11,16H,7-8H2,1-3H3,(H,22,25,27). The molecule has 1 saturated heterocycles. The Labute approximate surface area is 157 Å². The molecule has 0 bridgehead atoms. The van der Waals surface area contributed by atoms with Crippen LogP contribution in [0.2, 0.25) is 0 Å². The number of urea groups is 1. The summed E-state index contributed by atoms with van der Waals surface area (Å²) < 4.78 is 2.25. The fraction of sp³-hybridized carbons (Fsp3) is 0.286. The Hall–Kier alpha value is -3.15. The number of nitrogens with zero attached hydrogens (tertiary/aromatic N) is 2. The highest BCUT2D eigenvalue weighted by atomic mass is 16.2. The van der Waals surface area contributed by atoms with E-state index in [1.54, 1.807) is 24.3 Å². The predicted molar refractivity (Wildman–Crippen MR) is 102 cm³/mol. The van der Waals surface area contributed by atoms with E-state index in [0.717, 1.165) is 40.3 Å². The van der Waals surface area contributed by atoms with Crippen LogP contribution >= 0.6 is 0 Å². The molecule has 1 aliphatic carbocycles. The van der Waals surface area contributed by atoms with Crippen molar-refractivity contribution in [3.05, 3.63) is 58.4 Å². The van der Waals surface area contributed by atoms with Crippen LogP contribution in [0.1, 0.15) is 41.4 Å². The van der Waals surface area contributed by atoms with Crippen molar-refractivity contribution in [1.29, 1.82) is 0 Å². The first kappa shape index (κ1) is 17.3. The number of carbonyl (C=O) groups is 3. The van der Waals surface area contributed by atoms with Crippen LogP contribution < -0.4 is 10.2 Å². The number of aryl methyl sites for hydroxylation is 2. The highest BCUT2D eigenvalue weighted by Crippen LogP contribution is 2.38. The van der Waals surface area contributed by atoms with Crippen molar-refractivity contribution < 1.29 is 14.4 Å². The van der Waals surface area contributed by atoms with Gasteiger partial charge in [-0.2, -0.15) is 0 Å². The number of nitrogens with one attached hydrogen (secondary N) is 1. The van der Waals surface area contributed by atoms with Crippen molar-refractivity contribution in [2.24, 2.45) is 0 Å². The van der Waals surface area contributed by atoms with Gasteiger partial charge in [0.1, 0.15) is 5.57 Å².